The molecule has 21 heavy (non-hydrogen) atoms. The van der Waals surface area contributed by atoms with E-state index < -0.39 is 25.8 Å². The zero-order valence-corrected chi connectivity index (χ0v) is 12.9. The van der Waals surface area contributed by atoms with Gasteiger partial charge in [-0.2, -0.15) is 0 Å². The summed E-state index contributed by atoms with van der Waals surface area (Å²) in [6.07, 6.45) is -0.867. The molecule has 1 amide bonds. The number of hydrogen-bond donors (Lipinski definition) is 3. The molecule has 0 spiro atoms. The Hall–Kier alpha value is -0.760. The molecular formula is C12H21NO7P-. The average molecular weight is 322 g/mol. The number of aliphatic hydroxyl groups excluding tert-OH is 2. The second-order valence-electron chi connectivity index (χ2n) is 4.63. The molecule has 1 aliphatic rings. The largest absolute Gasteiger partial charge is 0.775 e. The summed E-state index contributed by atoms with van der Waals surface area (Å²) in [5, 5.41) is 21.3. The standard InChI is InChI=1S/C12H22NO7P/c1-3-20-21(17,18)9-6-10(16)12(13-8(2)15)11(7-9)19-5-4-14/h6,10-12,14,16H,3-5,7H2,1-2H3,(H,13,15)(H,17,18)/p-1/t10-,11+,12+/m0/s1. The van der Waals surface area contributed by atoms with Crippen LogP contribution < -0.4 is 10.2 Å². The number of amides is 1. The Balaban J connectivity index is 2.96. The lowest BCUT2D eigenvalue weighted by Crippen LogP contribution is -2.53. The number of aliphatic hydroxyl groups is 2. The fourth-order valence-corrected chi connectivity index (χ4v) is 3.40. The summed E-state index contributed by atoms with van der Waals surface area (Å²) < 4.78 is 22.0. The molecule has 0 aromatic heterocycles. The number of carbonyl (C=O) groups excluding carboxylic acids is 1. The van der Waals surface area contributed by atoms with Crippen molar-refractivity contribution in [2.75, 3.05) is 19.8 Å². The van der Waals surface area contributed by atoms with Crippen LogP contribution in [-0.2, 0) is 18.6 Å². The van der Waals surface area contributed by atoms with E-state index in [1.807, 2.05) is 0 Å². The summed E-state index contributed by atoms with van der Waals surface area (Å²) in [6.45, 7) is 2.54. The molecule has 0 aromatic carbocycles. The Kier molecular flexibility index (Phi) is 6.99. The topological polar surface area (TPSA) is 128 Å². The van der Waals surface area contributed by atoms with Gasteiger partial charge in [0.15, 0.2) is 7.60 Å². The maximum Gasteiger partial charge on any atom is 0.217 e. The van der Waals surface area contributed by atoms with E-state index in [9.17, 15) is 19.4 Å². The summed E-state index contributed by atoms with van der Waals surface area (Å²) in [4.78, 5) is 23.1. The Morgan fingerprint density at radius 2 is 2.29 bits per heavy atom. The minimum Gasteiger partial charge on any atom is -0.775 e. The predicted molar refractivity (Wildman–Crippen MR) is 72.4 cm³/mol. The van der Waals surface area contributed by atoms with Crippen molar-refractivity contribution in [3.63, 3.8) is 0 Å². The van der Waals surface area contributed by atoms with Crippen molar-refractivity contribution in [3.8, 4) is 0 Å². The third-order valence-corrected chi connectivity index (χ3v) is 4.62. The van der Waals surface area contributed by atoms with E-state index in [0.29, 0.717) is 0 Å². The Morgan fingerprint density at radius 3 is 2.81 bits per heavy atom. The lowest BCUT2D eigenvalue weighted by atomic mass is 9.95. The van der Waals surface area contributed by atoms with E-state index in [2.05, 4.69) is 5.32 Å². The van der Waals surface area contributed by atoms with Gasteiger partial charge in [0.05, 0.1) is 38.1 Å². The highest BCUT2D eigenvalue weighted by Crippen LogP contribution is 2.50. The van der Waals surface area contributed by atoms with E-state index in [1.165, 1.54) is 6.92 Å². The monoisotopic (exact) mass is 322 g/mol. The third-order valence-electron chi connectivity index (χ3n) is 2.99. The number of carbonyl (C=O) groups is 1. The van der Waals surface area contributed by atoms with Crippen LogP contribution in [0.5, 0.6) is 0 Å². The van der Waals surface area contributed by atoms with Crippen molar-refractivity contribution >= 4 is 13.5 Å². The maximum absolute atomic E-state index is 11.9. The smallest absolute Gasteiger partial charge is 0.217 e. The van der Waals surface area contributed by atoms with Crippen LogP contribution in [0.15, 0.2) is 11.4 Å². The molecule has 9 heteroatoms. The Morgan fingerprint density at radius 1 is 1.62 bits per heavy atom. The average Bonchev–Trinajstić information content (AvgIpc) is 2.38. The van der Waals surface area contributed by atoms with Gasteiger partial charge in [0, 0.05) is 18.7 Å². The molecule has 0 saturated carbocycles. The molecule has 3 N–H and O–H groups in total. The second kappa shape index (κ2) is 8.03. The lowest BCUT2D eigenvalue weighted by molar-refractivity contribution is -0.196. The van der Waals surface area contributed by atoms with Gasteiger partial charge in [0.2, 0.25) is 5.91 Å². The number of nitrogens with one attached hydrogen (secondary N) is 1. The van der Waals surface area contributed by atoms with Crippen LogP contribution in [0.1, 0.15) is 20.3 Å². The number of rotatable bonds is 7. The maximum atomic E-state index is 11.9. The second-order valence-corrected chi connectivity index (χ2v) is 6.45. The van der Waals surface area contributed by atoms with Gasteiger partial charge in [0.25, 0.3) is 0 Å². The first-order chi connectivity index (χ1) is 9.81. The zero-order valence-electron chi connectivity index (χ0n) is 12.0. The number of hydrogen-bond acceptors (Lipinski definition) is 7. The molecule has 0 radical (unpaired) electrons. The van der Waals surface area contributed by atoms with Crippen LogP contribution in [0.3, 0.4) is 0 Å². The van der Waals surface area contributed by atoms with Crippen molar-refractivity contribution in [3.05, 3.63) is 11.4 Å². The van der Waals surface area contributed by atoms with Gasteiger partial charge in [0.1, 0.15) is 0 Å². The van der Waals surface area contributed by atoms with Gasteiger partial charge in [-0.1, -0.05) is 0 Å². The summed E-state index contributed by atoms with van der Waals surface area (Å²) in [5.41, 5.74) is 0. The molecular weight excluding hydrogens is 301 g/mol. The van der Waals surface area contributed by atoms with E-state index in [1.54, 1.807) is 6.92 Å². The van der Waals surface area contributed by atoms with Gasteiger partial charge in [-0.25, -0.2) is 0 Å². The Labute approximate surface area is 123 Å². The highest BCUT2D eigenvalue weighted by atomic mass is 31.2. The van der Waals surface area contributed by atoms with Crippen LogP contribution >= 0.6 is 7.60 Å². The highest BCUT2D eigenvalue weighted by molar-refractivity contribution is 7.56. The van der Waals surface area contributed by atoms with E-state index in [0.717, 1.165) is 6.08 Å². The highest BCUT2D eigenvalue weighted by Gasteiger charge is 2.36. The van der Waals surface area contributed by atoms with Crippen molar-refractivity contribution in [1.29, 1.82) is 0 Å². The summed E-state index contributed by atoms with van der Waals surface area (Å²) in [5.74, 6) is -0.372. The van der Waals surface area contributed by atoms with Crippen molar-refractivity contribution in [2.24, 2.45) is 0 Å². The molecule has 0 saturated heterocycles. The summed E-state index contributed by atoms with van der Waals surface area (Å²) in [7, 11) is -4.24. The van der Waals surface area contributed by atoms with E-state index >= 15 is 0 Å². The summed E-state index contributed by atoms with van der Waals surface area (Å²) >= 11 is 0. The van der Waals surface area contributed by atoms with Gasteiger partial charge in [-0.15, -0.1) is 0 Å². The van der Waals surface area contributed by atoms with E-state index in [-0.39, 0.29) is 37.5 Å². The normalized spacial score (nSPS) is 28.6. The summed E-state index contributed by atoms with van der Waals surface area (Å²) in [6, 6.07) is -0.778. The van der Waals surface area contributed by atoms with Crippen LogP contribution in [0.25, 0.3) is 0 Å². The van der Waals surface area contributed by atoms with Crippen molar-refractivity contribution in [1.82, 2.24) is 5.32 Å². The molecule has 1 aliphatic carbocycles. The molecule has 0 aliphatic heterocycles. The molecule has 0 bridgehead atoms. The predicted octanol–water partition coefficient (Wildman–Crippen LogP) is -0.893. The van der Waals surface area contributed by atoms with Gasteiger partial charge in [-0.3, -0.25) is 4.79 Å². The van der Waals surface area contributed by atoms with Gasteiger partial charge < -0.3 is 34.2 Å². The van der Waals surface area contributed by atoms with Crippen LogP contribution in [-0.4, -0.2) is 54.2 Å². The molecule has 1 unspecified atom stereocenters. The Bertz CT molecular complexity index is 439. The van der Waals surface area contributed by atoms with E-state index in [4.69, 9.17) is 14.4 Å². The first-order valence-electron chi connectivity index (χ1n) is 6.66. The molecule has 0 aromatic rings. The minimum absolute atomic E-state index is 0.00843. The van der Waals surface area contributed by atoms with Gasteiger partial charge in [-0.05, 0) is 13.0 Å². The molecule has 122 valence electrons. The van der Waals surface area contributed by atoms with Crippen LogP contribution in [0, 0.1) is 0 Å². The quantitative estimate of drug-likeness (QED) is 0.518. The lowest BCUT2D eigenvalue weighted by Gasteiger charge is -2.38. The zero-order chi connectivity index (χ0) is 16.0. The fourth-order valence-electron chi connectivity index (χ4n) is 2.16. The molecule has 1 rings (SSSR count). The minimum atomic E-state index is -4.24. The first kappa shape index (κ1) is 18.3. The molecule has 0 fully saturated rings. The first-order valence-corrected chi connectivity index (χ1v) is 8.20. The van der Waals surface area contributed by atoms with Crippen molar-refractivity contribution < 1.29 is 33.7 Å². The molecule has 8 nitrogen and oxygen atoms in total. The van der Waals surface area contributed by atoms with Crippen LogP contribution in [0.4, 0.5) is 0 Å². The number of ether oxygens (including phenoxy) is 1. The SMILES string of the molecule is CCOP(=O)([O-])C1=C[C@H](O)[C@@H](NC(C)=O)[C@H](OCCO)C1. The fraction of sp³-hybridized carbons (Fsp3) is 0.750. The molecule has 0 heterocycles. The van der Waals surface area contributed by atoms with Crippen LogP contribution in [0.2, 0.25) is 0 Å². The molecule has 4 atom stereocenters. The van der Waals surface area contributed by atoms with Crippen molar-refractivity contribution in [2.45, 2.75) is 38.5 Å². The van der Waals surface area contributed by atoms with Gasteiger partial charge >= 0.3 is 0 Å². The third kappa shape index (κ3) is 5.18.